The molecule has 0 bridgehead atoms. The van der Waals surface area contributed by atoms with Crippen molar-refractivity contribution < 1.29 is 9.90 Å². The van der Waals surface area contributed by atoms with Crippen molar-refractivity contribution in [3.05, 3.63) is 53.3 Å². The minimum absolute atomic E-state index is 0.130. The largest absolute Gasteiger partial charge is 0.394 e. The molecule has 1 atom stereocenters. The summed E-state index contributed by atoms with van der Waals surface area (Å²) >= 11 is 0. The molecule has 24 heavy (non-hydrogen) atoms. The van der Waals surface area contributed by atoms with Crippen LogP contribution in [0, 0.1) is 5.92 Å². The smallest absolute Gasteiger partial charge is 0.255 e. The van der Waals surface area contributed by atoms with E-state index in [0.717, 1.165) is 30.6 Å². The van der Waals surface area contributed by atoms with Crippen molar-refractivity contribution in [1.29, 1.82) is 0 Å². The Morgan fingerprint density at radius 2 is 2.04 bits per heavy atom. The SMILES string of the molecule is CC(C)Cn1ncc(C(=O)N[C@H](CO)c2ccccc2)c1C1CC1. The molecule has 1 aromatic heterocycles. The van der Waals surface area contributed by atoms with Gasteiger partial charge in [-0.05, 0) is 24.3 Å². The Labute approximate surface area is 142 Å². The third-order valence-corrected chi connectivity index (χ3v) is 4.32. The van der Waals surface area contributed by atoms with E-state index >= 15 is 0 Å². The molecule has 3 rings (SSSR count). The fourth-order valence-electron chi connectivity index (χ4n) is 3.00. The van der Waals surface area contributed by atoms with Crippen LogP contribution in [0.1, 0.15) is 60.3 Å². The molecule has 2 N–H and O–H groups in total. The van der Waals surface area contributed by atoms with Gasteiger partial charge in [0.05, 0.1) is 30.1 Å². The van der Waals surface area contributed by atoms with Crippen LogP contribution in [-0.4, -0.2) is 27.4 Å². The topological polar surface area (TPSA) is 67.2 Å². The number of aliphatic hydroxyl groups excluding tert-OH is 1. The molecule has 1 amide bonds. The zero-order chi connectivity index (χ0) is 17.1. The van der Waals surface area contributed by atoms with E-state index in [0.29, 0.717) is 17.4 Å². The average molecular weight is 327 g/mol. The highest BCUT2D eigenvalue weighted by atomic mass is 16.3. The van der Waals surface area contributed by atoms with E-state index in [-0.39, 0.29) is 12.5 Å². The number of amides is 1. The Kier molecular flexibility index (Phi) is 5.00. The van der Waals surface area contributed by atoms with Crippen molar-refractivity contribution >= 4 is 5.91 Å². The minimum Gasteiger partial charge on any atom is -0.394 e. The number of carbonyl (C=O) groups is 1. The molecule has 0 saturated heterocycles. The summed E-state index contributed by atoms with van der Waals surface area (Å²) in [5.41, 5.74) is 2.59. The van der Waals surface area contributed by atoms with Gasteiger partial charge < -0.3 is 10.4 Å². The molecule has 0 unspecified atom stereocenters. The number of hydrogen-bond acceptors (Lipinski definition) is 3. The van der Waals surface area contributed by atoms with Crippen molar-refractivity contribution in [2.45, 2.75) is 45.2 Å². The van der Waals surface area contributed by atoms with Crippen molar-refractivity contribution in [2.24, 2.45) is 5.92 Å². The molecule has 2 aromatic rings. The Morgan fingerprint density at radius 3 is 2.62 bits per heavy atom. The third kappa shape index (κ3) is 3.67. The molecular formula is C19H25N3O2. The summed E-state index contributed by atoms with van der Waals surface area (Å²) in [5.74, 6) is 0.763. The molecule has 5 heteroatoms. The van der Waals surface area contributed by atoms with Crippen LogP contribution in [0.5, 0.6) is 0 Å². The summed E-state index contributed by atoms with van der Waals surface area (Å²) in [4.78, 5) is 12.8. The van der Waals surface area contributed by atoms with Crippen LogP contribution in [0.15, 0.2) is 36.5 Å². The van der Waals surface area contributed by atoms with Crippen LogP contribution < -0.4 is 5.32 Å². The van der Waals surface area contributed by atoms with Crippen molar-refractivity contribution in [1.82, 2.24) is 15.1 Å². The van der Waals surface area contributed by atoms with E-state index in [9.17, 15) is 9.90 Å². The first-order chi connectivity index (χ1) is 11.6. The second-order valence-corrected chi connectivity index (χ2v) is 6.91. The molecule has 1 fully saturated rings. The lowest BCUT2D eigenvalue weighted by Crippen LogP contribution is -2.31. The Balaban J connectivity index is 1.81. The Hall–Kier alpha value is -2.14. The molecule has 1 saturated carbocycles. The molecule has 5 nitrogen and oxygen atoms in total. The van der Waals surface area contributed by atoms with E-state index in [4.69, 9.17) is 0 Å². The molecule has 1 heterocycles. The summed E-state index contributed by atoms with van der Waals surface area (Å²) < 4.78 is 1.98. The van der Waals surface area contributed by atoms with Crippen LogP contribution in [0.4, 0.5) is 0 Å². The molecule has 0 spiro atoms. The lowest BCUT2D eigenvalue weighted by Gasteiger charge is -2.17. The van der Waals surface area contributed by atoms with Crippen LogP contribution >= 0.6 is 0 Å². The molecule has 1 aromatic carbocycles. The fourth-order valence-corrected chi connectivity index (χ4v) is 3.00. The maximum atomic E-state index is 12.8. The van der Waals surface area contributed by atoms with E-state index in [1.54, 1.807) is 6.20 Å². The second kappa shape index (κ2) is 7.18. The number of nitrogens with one attached hydrogen (secondary N) is 1. The monoisotopic (exact) mass is 327 g/mol. The zero-order valence-corrected chi connectivity index (χ0v) is 14.3. The molecule has 128 valence electrons. The van der Waals surface area contributed by atoms with Crippen LogP contribution in [0.3, 0.4) is 0 Å². The number of benzene rings is 1. The minimum atomic E-state index is -0.404. The number of nitrogens with zero attached hydrogens (tertiary/aromatic N) is 2. The standard InChI is InChI=1S/C19H25N3O2/c1-13(2)11-22-18(15-8-9-15)16(10-20-22)19(24)21-17(12-23)14-6-4-3-5-7-14/h3-7,10,13,15,17,23H,8-9,11-12H2,1-2H3,(H,21,24)/t17-/m1/s1. The van der Waals surface area contributed by atoms with Gasteiger partial charge in [-0.15, -0.1) is 0 Å². The predicted octanol–water partition coefficient (Wildman–Crippen LogP) is 2.88. The number of carbonyl (C=O) groups excluding carboxylic acids is 1. The lowest BCUT2D eigenvalue weighted by molar-refractivity contribution is 0.0915. The van der Waals surface area contributed by atoms with Gasteiger partial charge in [0.2, 0.25) is 0 Å². The van der Waals surface area contributed by atoms with Crippen molar-refractivity contribution in [2.75, 3.05) is 6.61 Å². The average Bonchev–Trinajstić information content (AvgIpc) is 3.33. The maximum absolute atomic E-state index is 12.8. The van der Waals surface area contributed by atoms with Crippen LogP contribution in [-0.2, 0) is 6.54 Å². The number of hydrogen-bond donors (Lipinski definition) is 2. The van der Waals surface area contributed by atoms with E-state index < -0.39 is 6.04 Å². The maximum Gasteiger partial charge on any atom is 0.255 e. The van der Waals surface area contributed by atoms with Gasteiger partial charge in [-0.1, -0.05) is 44.2 Å². The summed E-state index contributed by atoms with van der Waals surface area (Å²) in [6, 6.07) is 9.14. The van der Waals surface area contributed by atoms with E-state index in [1.165, 1.54) is 0 Å². The van der Waals surface area contributed by atoms with Crippen molar-refractivity contribution in [3.63, 3.8) is 0 Å². The van der Waals surface area contributed by atoms with Gasteiger partial charge in [0.1, 0.15) is 0 Å². The first-order valence-corrected chi connectivity index (χ1v) is 8.62. The quantitative estimate of drug-likeness (QED) is 0.822. The van der Waals surface area contributed by atoms with Gasteiger partial charge in [-0.25, -0.2) is 0 Å². The summed E-state index contributed by atoms with van der Waals surface area (Å²) in [6.45, 7) is 4.99. The summed E-state index contributed by atoms with van der Waals surface area (Å²) in [7, 11) is 0. The van der Waals surface area contributed by atoms with Gasteiger partial charge in [-0.3, -0.25) is 9.48 Å². The predicted molar refractivity (Wildman–Crippen MR) is 92.8 cm³/mol. The normalized spacial score (nSPS) is 15.5. The number of aromatic nitrogens is 2. The van der Waals surface area contributed by atoms with Gasteiger partial charge in [0.25, 0.3) is 5.91 Å². The summed E-state index contributed by atoms with van der Waals surface area (Å²) in [6.07, 6.45) is 3.91. The second-order valence-electron chi connectivity index (χ2n) is 6.91. The van der Waals surface area contributed by atoms with Gasteiger partial charge in [0.15, 0.2) is 0 Å². The fraction of sp³-hybridized carbons (Fsp3) is 0.474. The lowest BCUT2D eigenvalue weighted by atomic mass is 10.1. The molecule has 1 aliphatic rings. The molecule has 1 aliphatic carbocycles. The third-order valence-electron chi connectivity index (χ3n) is 4.32. The van der Waals surface area contributed by atoms with Crippen LogP contribution in [0.2, 0.25) is 0 Å². The first kappa shape index (κ1) is 16.7. The Bertz CT molecular complexity index is 690. The zero-order valence-electron chi connectivity index (χ0n) is 14.3. The highest BCUT2D eigenvalue weighted by molar-refractivity contribution is 5.95. The van der Waals surface area contributed by atoms with Gasteiger partial charge in [-0.2, -0.15) is 5.10 Å². The van der Waals surface area contributed by atoms with E-state index in [2.05, 4.69) is 24.3 Å². The van der Waals surface area contributed by atoms with E-state index in [1.807, 2.05) is 35.0 Å². The van der Waals surface area contributed by atoms with Gasteiger partial charge >= 0.3 is 0 Å². The number of aliphatic hydroxyl groups is 1. The van der Waals surface area contributed by atoms with Crippen LogP contribution in [0.25, 0.3) is 0 Å². The molecule has 0 radical (unpaired) electrons. The Morgan fingerprint density at radius 1 is 1.33 bits per heavy atom. The summed E-state index contributed by atoms with van der Waals surface area (Å²) in [5, 5.41) is 17.0. The van der Waals surface area contributed by atoms with Gasteiger partial charge in [0, 0.05) is 12.5 Å². The van der Waals surface area contributed by atoms with Crippen molar-refractivity contribution in [3.8, 4) is 0 Å². The molecular weight excluding hydrogens is 302 g/mol. The highest BCUT2D eigenvalue weighted by Crippen LogP contribution is 2.41. The highest BCUT2D eigenvalue weighted by Gasteiger charge is 2.33. The number of rotatable bonds is 7. The first-order valence-electron chi connectivity index (χ1n) is 8.62. The molecule has 0 aliphatic heterocycles.